The molecule has 5 heteroatoms. The molecule has 0 saturated carbocycles. The van der Waals surface area contributed by atoms with Crippen LogP contribution in [0.15, 0.2) is 109 Å². The summed E-state index contributed by atoms with van der Waals surface area (Å²) >= 11 is 0. The van der Waals surface area contributed by atoms with E-state index in [2.05, 4.69) is 5.32 Å². The van der Waals surface area contributed by atoms with Crippen molar-refractivity contribution in [2.45, 2.75) is 5.91 Å². The number of para-hydroxylation sites is 1. The Bertz CT molecular complexity index is 1050. The van der Waals surface area contributed by atoms with Crippen molar-refractivity contribution in [2.75, 3.05) is 16.8 Å². The molecule has 0 radical (unpaired) electrons. The van der Waals surface area contributed by atoms with Crippen LogP contribution in [-0.4, -0.2) is 0 Å². The fourth-order valence-corrected chi connectivity index (χ4v) is 3.12. The molecule has 4 aromatic carbocycles. The van der Waals surface area contributed by atoms with Crippen molar-refractivity contribution in [3.8, 4) is 11.5 Å². The van der Waals surface area contributed by atoms with Gasteiger partial charge >= 0.3 is 5.91 Å². The van der Waals surface area contributed by atoms with E-state index in [1.807, 2.05) is 84.9 Å². The fraction of sp³-hybridized carbons (Fsp3) is 0.0400. The van der Waals surface area contributed by atoms with Crippen LogP contribution in [0.1, 0.15) is 5.56 Å². The Morgan fingerprint density at radius 3 is 1.57 bits per heavy atom. The lowest BCUT2D eigenvalue weighted by Crippen LogP contribution is -2.47. The van der Waals surface area contributed by atoms with Crippen LogP contribution in [0, 0.1) is 0 Å². The largest absolute Gasteiger partial charge is 0.431 e. The lowest BCUT2D eigenvalue weighted by Gasteiger charge is -2.36. The van der Waals surface area contributed by atoms with Crippen LogP contribution in [0.5, 0.6) is 11.5 Å². The van der Waals surface area contributed by atoms with Gasteiger partial charge in [-0.1, -0.05) is 48.5 Å². The topological polar surface area (TPSA) is 82.5 Å². The zero-order valence-corrected chi connectivity index (χ0v) is 16.4. The van der Waals surface area contributed by atoms with Gasteiger partial charge in [0.05, 0.1) is 5.56 Å². The van der Waals surface area contributed by atoms with Crippen molar-refractivity contribution in [3.63, 3.8) is 0 Å². The van der Waals surface area contributed by atoms with Crippen LogP contribution in [0.3, 0.4) is 0 Å². The van der Waals surface area contributed by atoms with Crippen LogP contribution in [0.4, 0.5) is 17.1 Å². The Balaban J connectivity index is 1.84. The third kappa shape index (κ3) is 4.47. The van der Waals surface area contributed by atoms with Gasteiger partial charge in [-0.25, -0.2) is 0 Å². The summed E-state index contributed by atoms with van der Waals surface area (Å²) in [5.41, 5.74) is 14.8. The van der Waals surface area contributed by atoms with Gasteiger partial charge < -0.3 is 26.3 Å². The van der Waals surface area contributed by atoms with Gasteiger partial charge in [-0.15, -0.1) is 0 Å². The molecule has 0 aliphatic heterocycles. The molecule has 30 heavy (non-hydrogen) atoms. The predicted octanol–water partition coefficient (Wildman–Crippen LogP) is 5.23. The first kappa shape index (κ1) is 19.2. The Morgan fingerprint density at radius 1 is 0.567 bits per heavy atom. The molecular weight excluding hydrogens is 374 g/mol. The Morgan fingerprint density at radius 2 is 1.07 bits per heavy atom. The highest BCUT2D eigenvalue weighted by atomic mass is 16.7. The van der Waals surface area contributed by atoms with E-state index < -0.39 is 5.91 Å². The molecular formula is C25H23N3O2. The van der Waals surface area contributed by atoms with Crippen molar-refractivity contribution >= 4 is 17.1 Å². The number of rotatable bonds is 7. The van der Waals surface area contributed by atoms with Gasteiger partial charge in [-0.3, -0.25) is 0 Å². The number of ether oxygens (including phenoxy) is 2. The van der Waals surface area contributed by atoms with Gasteiger partial charge in [0.2, 0.25) is 0 Å². The third-order valence-corrected chi connectivity index (χ3v) is 4.48. The van der Waals surface area contributed by atoms with Crippen molar-refractivity contribution in [3.05, 3.63) is 115 Å². The SMILES string of the molecule is Nc1cccc(OC(Nc2ccccc2)(Oc2cccc(N)c2)c2ccccc2)c1. The Kier molecular flexibility index (Phi) is 5.44. The second-order valence-corrected chi connectivity index (χ2v) is 6.82. The molecule has 4 rings (SSSR count). The van der Waals surface area contributed by atoms with E-state index in [9.17, 15) is 0 Å². The van der Waals surface area contributed by atoms with E-state index in [-0.39, 0.29) is 0 Å². The molecule has 0 fully saturated rings. The molecule has 0 saturated heterocycles. The number of anilines is 3. The quantitative estimate of drug-likeness (QED) is 0.294. The molecule has 150 valence electrons. The molecule has 0 aliphatic rings. The zero-order valence-electron chi connectivity index (χ0n) is 16.4. The minimum absolute atomic E-state index is 0.561. The normalized spacial score (nSPS) is 10.9. The number of hydrogen-bond donors (Lipinski definition) is 3. The lowest BCUT2D eigenvalue weighted by atomic mass is 10.1. The van der Waals surface area contributed by atoms with Gasteiger partial charge in [-0.2, -0.15) is 0 Å². The molecule has 0 amide bonds. The standard InChI is InChI=1S/C25H23N3O2/c26-20-11-7-15-23(17-20)29-25(19-9-3-1-4-10-19,28-22-13-5-2-6-14-22)30-24-16-8-12-21(27)18-24/h1-18,28H,26-27H2. The Labute approximate surface area is 175 Å². The fourth-order valence-electron chi connectivity index (χ4n) is 3.12. The van der Waals surface area contributed by atoms with Crippen molar-refractivity contribution in [2.24, 2.45) is 0 Å². The number of nitrogens with two attached hydrogens (primary N) is 2. The van der Waals surface area contributed by atoms with Gasteiger partial charge in [0, 0.05) is 29.2 Å². The average molecular weight is 397 g/mol. The molecule has 5 nitrogen and oxygen atoms in total. The van der Waals surface area contributed by atoms with Crippen molar-refractivity contribution < 1.29 is 9.47 Å². The summed E-state index contributed by atoms with van der Waals surface area (Å²) < 4.78 is 12.9. The summed E-state index contributed by atoms with van der Waals surface area (Å²) in [4.78, 5) is 0. The summed E-state index contributed by atoms with van der Waals surface area (Å²) in [5.74, 6) is -0.248. The van der Waals surface area contributed by atoms with E-state index in [0.29, 0.717) is 22.9 Å². The summed E-state index contributed by atoms with van der Waals surface area (Å²) in [6.45, 7) is 0. The molecule has 4 aromatic rings. The maximum Gasteiger partial charge on any atom is 0.364 e. The second-order valence-electron chi connectivity index (χ2n) is 6.82. The molecule has 0 unspecified atom stereocenters. The first-order valence-electron chi connectivity index (χ1n) is 9.61. The van der Waals surface area contributed by atoms with Crippen LogP contribution in [0.25, 0.3) is 0 Å². The number of hydrogen-bond acceptors (Lipinski definition) is 5. The van der Waals surface area contributed by atoms with Gasteiger partial charge in [-0.05, 0) is 48.5 Å². The molecule has 0 spiro atoms. The highest BCUT2D eigenvalue weighted by molar-refractivity contribution is 5.50. The molecule has 5 N–H and O–H groups in total. The molecule has 0 heterocycles. The van der Waals surface area contributed by atoms with E-state index in [4.69, 9.17) is 20.9 Å². The minimum Gasteiger partial charge on any atom is -0.431 e. The average Bonchev–Trinajstić information content (AvgIpc) is 2.75. The van der Waals surface area contributed by atoms with Crippen molar-refractivity contribution in [1.29, 1.82) is 0 Å². The Hall–Kier alpha value is -4.12. The second kappa shape index (κ2) is 8.49. The minimum atomic E-state index is -1.37. The maximum atomic E-state index is 6.46. The zero-order chi connectivity index (χ0) is 20.8. The third-order valence-electron chi connectivity index (χ3n) is 4.48. The predicted molar refractivity (Wildman–Crippen MR) is 121 cm³/mol. The van der Waals surface area contributed by atoms with Gasteiger partial charge in [0.1, 0.15) is 11.5 Å². The summed E-state index contributed by atoms with van der Waals surface area (Å²) in [6, 6.07) is 33.9. The lowest BCUT2D eigenvalue weighted by molar-refractivity contribution is -0.0958. The molecule has 0 aliphatic carbocycles. The maximum absolute atomic E-state index is 6.46. The van der Waals surface area contributed by atoms with Crippen LogP contribution >= 0.6 is 0 Å². The highest BCUT2D eigenvalue weighted by Gasteiger charge is 2.38. The van der Waals surface area contributed by atoms with Gasteiger partial charge in [0.25, 0.3) is 0 Å². The van der Waals surface area contributed by atoms with E-state index in [1.54, 1.807) is 24.3 Å². The summed E-state index contributed by atoms with van der Waals surface area (Å²) in [7, 11) is 0. The van der Waals surface area contributed by atoms with E-state index in [1.165, 1.54) is 0 Å². The highest BCUT2D eigenvalue weighted by Crippen LogP contribution is 2.34. The van der Waals surface area contributed by atoms with E-state index >= 15 is 0 Å². The number of nitrogens with one attached hydrogen (secondary N) is 1. The summed E-state index contributed by atoms with van der Waals surface area (Å²) in [5, 5.41) is 3.42. The monoisotopic (exact) mass is 397 g/mol. The van der Waals surface area contributed by atoms with Crippen LogP contribution in [0.2, 0.25) is 0 Å². The first-order valence-corrected chi connectivity index (χ1v) is 9.61. The first-order chi connectivity index (χ1) is 14.6. The van der Waals surface area contributed by atoms with E-state index in [0.717, 1.165) is 11.3 Å². The van der Waals surface area contributed by atoms with Crippen molar-refractivity contribution in [1.82, 2.24) is 0 Å². The smallest absolute Gasteiger partial charge is 0.364 e. The van der Waals surface area contributed by atoms with Crippen LogP contribution in [-0.2, 0) is 5.91 Å². The number of benzene rings is 4. The van der Waals surface area contributed by atoms with Gasteiger partial charge in [0.15, 0.2) is 0 Å². The molecule has 0 aromatic heterocycles. The number of nitrogen functional groups attached to an aromatic ring is 2. The molecule has 0 bridgehead atoms. The van der Waals surface area contributed by atoms with Crippen LogP contribution < -0.4 is 26.3 Å². The molecule has 0 atom stereocenters. The summed E-state index contributed by atoms with van der Waals surface area (Å²) in [6.07, 6.45) is 0.